The van der Waals surface area contributed by atoms with Crippen LogP contribution in [0.15, 0.2) is 46.3 Å². The molecule has 5 rings (SSSR count). The third-order valence-corrected chi connectivity index (χ3v) is 5.09. The number of aromatic amines is 2. The Balaban J connectivity index is 1.62. The maximum Gasteiger partial charge on any atom is 0.326 e. The van der Waals surface area contributed by atoms with Crippen LogP contribution in [-0.4, -0.2) is 35.7 Å². The number of anilines is 1. The highest BCUT2D eigenvalue weighted by Crippen LogP contribution is 2.23. The van der Waals surface area contributed by atoms with E-state index in [9.17, 15) is 14.3 Å². The first-order valence-corrected chi connectivity index (χ1v) is 9.94. The molecule has 158 valence electrons. The number of fused-ring (bicyclic) bond motifs is 1. The molecule has 31 heavy (non-hydrogen) atoms. The molecule has 0 aliphatic heterocycles. The van der Waals surface area contributed by atoms with Gasteiger partial charge in [0.2, 0.25) is 5.88 Å². The standard InChI is InChI=1S/C21H20FN7O2/c1-11(12-3-2-4-14(22)7-12)24-17-9-18(25-15-5-6-15)29-19(27-17)13(10-23-29)8-16-20(30)28-21(31)26-16/h2-4,7-11,15,24,30H,5-6H2,1H3,(H2,26,28,31). The fraction of sp³-hybridized carbons (Fsp3) is 0.238. The molecule has 1 fully saturated rings. The van der Waals surface area contributed by atoms with Crippen molar-refractivity contribution in [2.75, 3.05) is 5.32 Å². The van der Waals surface area contributed by atoms with Crippen LogP contribution in [0.25, 0.3) is 11.7 Å². The number of hydrogen-bond acceptors (Lipinski definition) is 6. The van der Waals surface area contributed by atoms with Gasteiger partial charge in [-0.15, -0.1) is 0 Å². The lowest BCUT2D eigenvalue weighted by molar-refractivity contribution is 0.454. The number of aromatic nitrogens is 5. The summed E-state index contributed by atoms with van der Waals surface area (Å²) in [5.41, 5.74) is 1.67. The number of halogens is 1. The lowest BCUT2D eigenvalue weighted by atomic mass is 10.1. The highest BCUT2D eigenvalue weighted by Gasteiger charge is 2.20. The average molecular weight is 421 g/mol. The quantitative estimate of drug-likeness (QED) is 0.388. The molecule has 0 radical (unpaired) electrons. The molecular weight excluding hydrogens is 401 g/mol. The molecule has 4 N–H and O–H groups in total. The van der Waals surface area contributed by atoms with E-state index in [1.807, 2.05) is 19.1 Å². The summed E-state index contributed by atoms with van der Waals surface area (Å²) in [6.45, 7) is 1.92. The Morgan fingerprint density at radius 2 is 2.19 bits per heavy atom. The number of rotatable bonds is 5. The van der Waals surface area contributed by atoms with Gasteiger partial charge in [-0.1, -0.05) is 12.1 Å². The number of aromatic hydroxyl groups is 1. The third kappa shape index (κ3) is 3.91. The SMILES string of the molecule is CC(Nc1cc(=NC2CC2)n2ncc(=Cc3[nH]c(=O)[nH]c3O)c2n1)c1cccc(F)c1. The van der Waals surface area contributed by atoms with Gasteiger partial charge in [-0.25, -0.2) is 14.2 Å². The molecule has 1 unspecified atom stereocenters. The minimum absolute atomic E-state index is 0.195. The molecule has 4 aromatic rings. The molecular formula is C21H20FN7O2. The lowest BCUT2D eigenvalue weighted by Crippen LogP contribution is -2.21. The van der Waals surface area contributed by atoms with Crippen molar-refractivity contribution < 1.29 is 9.50 Å². The van der Waals surface area contributed by atoms with E-state index in [1.54, 1.807) is 22.9 Å². The van der Waals surface area contributed by atoms with Crippen LogP contribution in [-0.2, 0) is 0 Å². The van der Waals surface area contributed by atoms with Crippen LogP contribution in [0.4, 0.5) is 10.2 Å². The minimum atomic E-state index is -0.510. The minimum Gasteiger partial charge on any atom is -0.493 e. The molecule has 1 aromatic carbocycles. The Hall–Kier alpha value is -3.95. The zero-order valence-corrected chi connectivity index (χ0v) is 16.6. The predicted molar refractivity (Wildman–Crippen MR) is 112 cm³/mol. The van der Waals surface area contributed by atoms with E-state index in [2.05, 4.69) is 25.4 Å². The molecule has 10 heteroatoms. The van der Waals surface area contributed by atoms with E-state index in [0.29, 0.717) is 22.2 Å². The Morgan fingerprint density at radius 3 is 2.90 bits per heavy atom. The van der Waals surface area contributed by atoms with Gasteiger partial charge in [0.25, 0.3) is 0 Å². The molecule has 0 amide bonds. The third-order valence-electron chi connectivity index (χ3n) is 5.09. The first kappa shape index (κ1) is 19.0. The van der Waals surface area contributed by atoms with E-state index >= 15 is 0 Å². The number of nitrogens with one attached hydrogen (secondary N) is 3. The highest BCUT2D eigenvalue weighted by atomic mass is 19.1. The van der Waals surface area contributed by atoms with Gasteiger partial charge in [-0.05, 0) is 43.5 Å². The van der Waals surface area contributed by atoms with Crippen molar-refractivity contribution in [1.82, 2.24) is 24.6 Å². The first-order valence-electron chi connectivity index (χ1n) is 9.94. The number of benzene rings is 1. The monoisotopic (exact) mass is 421 g/mol. The summed E-state index contributed by atoms with van der Waals surface area (Å²) in [7, 11) is 0. The fourth-order valence-corrected chi connectivity index (χ4v) is 3.35. The van der Waals surface area contributed by atoms with Crippen molar-refractivity contribution in [3.63, 3.8) is 0 Å². The zero-order chi connectivity index (χ0) is 21.5. The summed E-state index contributed by atoms with van der Waals surface area (Å²) in [6.07, 6.45) is 5.25. The Labute approximate surface area is 175 Å². The van der Waals surface area contributed by atoms with Gasteiger partial charge in [0.05, 0.1) is 18.3 Å². The van der Waals surface area contributed by atoms with Gasteiger partial charge >= 0.3 is 5.69 Å². The summed E-state index contributed by atoms with van der Waals surface area (Å²) in [5.74, 6) is -0.00111. The average Bonchev–Trinajstić information content (AvgIpc) is 3.37. The van der Waals surface area contributed by atoms with Crippen molar-refractivity contribution in [2.45, 2.75) is 31.8 Å². The van der Waals surface area contributed by atoms with Crippen LogP contribution in [0.5, 0.6) is 5.88 Å². The summed E-state index contributed by atoms with van der Waals surface area (Å²) >= 11 is 0. The van der Waals surface area contributed by atoms with E-state index in [0.717, 1.165) is 18.4 Å². The summed E-state index contributed by atoms with van der Waals surface area (Å²) in [4.78, 5) is 25.6. The van der Waals surface area contributed by atoms with Gasteiger partial charge in [-0.3, -0.25) is 9.98 Å². The molecule has 3 aromatic heterocycles. The Bertz CT molecular complexity index is 1450. The van der Waals surface area contributed by atoms with E-state index < -0.39 is 5.69 Å². The number of hydrogen-bond donors (Lipinski definition) is 4. The van der Waals surface area contributed by atoms with Crippen molar-refractivity contribution >= 4 is 17.5 Å². The van der Waals surface area contributed by atoms with Crippen molar-refractivity contribution in [3.05, 3.63) is 74.8 Å². The van der Waals surface area contributed by atoms with E-state index in [1.165, 1.54) is 12.1 Å². The fourth-order valence-electron chi connectivity index (χ4n) is 3.35. The molecule has 0 bridgehead atoms. The predicted octanol–water partition coefficient (Wildman–Crippen LogP) is 1.37. The number of imidazole rings is 1. The van der Waals surface area contributed by atoms with Gasteiger partial charge in [0.15, 0.2) is 11.1 Å². The molecule has 0 saturated heterocycles. The normalized spacial score (nSPS) is 16.2. The summed E-state index contributed by atoms with van der Waals surface area (Å²) < 4.78 is 15.2. The maximum absolute atomic E-state index is 13.6. The number of H-pyrrole nitrogens is 2. The summed E-state index contributed by atoms with van der Waals surface area (Å²) in [6, 6.07) is 8.28. The van der Waals surface area contributed by atoms with Crippen LogP contribution in [0.1, 0.15) is 37.1 Å². The second kappa shape index (κ2) is 7.38. The van der Waals surface area contributed by atoms with E-state index in [-0.39, 0.29) is 29.5 Å². The van der Waals surface area contributed by atoms with Crippen LogP contribution in [0, 0.1) is 5.82 Å². The first-order chi connectivity index (χ1) is 15.0. The molecule has 0 spiro atoms. The highest BCUT2D eigenvalue weighted by molar-refractivity contribution is 5.58. The van der Waals surface area contributed by atoms with Gasteiger partial charge < -0.3 is 15.4 Å². The number of nitrogens with zero attached hydrogens (tertiary/aromatic N) is 4. The summed E-state index contributed by atoms with van der Waals surface area (Å²) in [5, 5.41) is 18.2. The van der Waals surface area contributed by atoms with Gasteiger partial charge in [-0.2, -0.15) is 9.61 Å². The maximum atomic E-state index is 13.6. The van der Waals surface area contributed by atoms with Crippen molar-refractivity contribution in [1.29, 1.82) is 0 Å². The topological polar surface area (TPSA) is 123 Å². The molecule has 1 aliphatic rings. The lowest BCUT2D eigenvalue weighted by Gasteiger charge is -2.15. The smallest absolute Gasteiger partial charge is 0.326 e. The molecule has 1 atom stereocenters. The van der Waals surface area contributed by atoms with Crippen molar-refractivity contribution in [2.24, 2.45) is 4.99 Å². The largest absolute Gasteiger partial charge is 0.493 e. The second-order valence-corrected chi connectivity index (χ2v) is 7.60. The molecule has 9 nitrogen and oxygen atoms in total. The van der Waals surface area contributed by atoms with Crippen LogP contribution >= 0.6 is 0 Å². The van der Waals surface area contributed by atoms with Crippen molar-refractivity contribution in [3.8, 4) is 5.88 Å². The zero-order valence-electron chi connectivity index (χ0n) is 16.6. The van der Waals surface area contributed by atoms with Gasteiger partial charge in [0, 0.05) is 11.3 Å². The molecule has 1 saturated carbocycles. The van der Waals surface area contributed by atoms with Crippen LogP contribution in [0.2, 0.25) is 0 Å². The molecule has 1 aliphatic carbocycles. The Kier molecular flexibility index (Phi) is 4.54. The second-order valence-electron chi connectivity index (χ2n) is 7.60. The molecule has 3 heterocycles. The van der Waals surface area contributed by atoms with E-state index in [4.69, 9.17) is 4.99 Å². The van der Waals surface area contributed by atoms with Crippen LogP contribution in [0.3, 0.4) is 0 Å². The van der Waals surface area contributed by atoms with Crippen LogP contribution < -0.4 is 21.7 Å². The van der Waals surface area contributed by atoms with Gasteiger partial charge in [0.1, 0.15) is 17.3 Å². The Morgan fingerprint density at radius 1 is 1.35 bits per heavy atom.